The summed E-state index contributed by atoms with van der Waals surface area (Å²) in [7, 11) is 0. The van der Waals surface area contributed by atoms with Crippen LogP contribution in [0, 0.1) is 0 Å². The topological polar surface area (TPSA) is 75.5 Å². The van der Waals surface area contributed by atoms with Crippen LogP contribution in [-0.4, -0.2) is 31.0 Å². The molecule has 0 saturated heterocycles. The maximum Gasteiger partial charge on any atom is 0.277 e. The lowest BCUT2D eigenvalue weighted by molar-refractivity contribution is 0.232. The molecule has 1 N–H and O–H groups in total. The number of hydrogen-bond acceptors (Lipinski definition) is 5. The second-order valence-electron chi connectivity index (χ2n) is 9.63. The maximum absolute atomic E-state index is 13.3. The molecule has 0 fully saturated rings. The van der Waals surface area contributed by atoms with E-state index >= 15 is 0 Å². The third kappa shape index (κ3) is 4.41. The van der Waals surface area contributed by atoms with Crippen LogP contribution in [0.1, 0.15) is 49.0 Å². The Kier molecular flexibility index (Phi) is 5.50. The second kappa shape index (κ2) is 8.48. The molecule has 0 saturated carbocycles. The van der Waals surface area contributed by atoms with Crippen LogP contribution in [0.25, 0.3) is 5.65 Å². The van der Waals surface area contributed by atoms with Crippen molar-refractivity contribution in [1.29, 1.82) is 0 Å². The second-order valence-corrected chi connectivity index (χ2v) is 9.63. The van der Waals surface area contributed by atoms with Gasteiger partial charge in [0.15, 0.2) is 5.65 Å². The van der Waals surface area contributed by atoms with Gasteiger partial charge in [0.05, 0.1) is 17.0 Å². The van der Waals surface area contributed by atoms with E-state index in [1.54, 1.807) is 10.7 Å². The van der Waals surface area contributed by atoms with Gasteiger partial charge < -0.3 is 4.74 Å². The summed E-state index contributed by atoms with van der Waals surface area (Å²) in [5.74, 6) is 0.846. The van der Waals surface area contributed by atoms with Gasteiger partial charge in [-0.25, -0.2) is 9.50 Å². The summed E-state index contributed by atoms with van der Waals surface area (Å²) in [6.45, 7) is 8.92. The molecule has 0 amide bonds. The fourth-order valence-corrected chi connectivity index (χ4v) is 4.21. The van der Waals surface area contributed by atoms with Gasteiger partial charge in [0.25, 0.3) is 5.56 Å². The zero-order chi connectivity index (χ0) is 23.0. The molecule has 3 aromatic heterocycles. The molecule has 0 aliphatic carbocycles. The van der Waals surface area contributed by atoms with Crippen LogP contribution in [0.4, 0.5) is 0 Å². The number of H-pyrrole nitrogens is 1. The monoisotopic (exact) mass is 443 g/mol. The van der Waals surface area contributed by atoms with E-state index in [2.05, 4.69) is 41.8 Å². The standard InChI is InChI=1S/C26H29N5O2/c1-26(2,3)23-14-24-28-21-11-13-30(16-20(21)25(32)31(24)29-23)15-18-8-4-5-10-22(18)33-17-19-9-6-7-12-27-19/h4-10,12,14,29H,11,13,15-17H2,1-3H3. The van der Waals surface area contributed by atoms with Crippen molar-refractivity contribution in [3.05, 3.63) is 93.3 Å². The Morgan fingerprint density at radius 1 is 1.12 bits per heavy atom. The first kappa shape index (κ1) is 21.4. The summed E-state index contributed by atoms with van der Waals surface area (Å²) in [4.78, 5) is 24.7. The van der Waals surface area contributed by atoms with Gasteiger partial charge >= 0.3 is 0 Å². The molecule has 0 radical (unpaired) electrons. The zero-order valence-corrected chi connectivity index (χ0v) is 19.3. The highest BCUT2D eigenvalue weighted by Gasteiger charge is 2.25. The Morgan fingerprint density at radius 3 is 2.73 bits per heavy atom. The van der Waals surface area contributed by atoms with E-state index in [9.17, 15) is 4.79 Å². The third-order valence-electron chi connectivity index (χ3n) is 6.12. The molecule has 0 spiro atoms. The molecule has 1 aliphatic rings. The van der Waals surface area contributed by atoms with Crippen molar-refractivity contribution in [2.75, 3.05) is 6.54 Å². The van der Waals surface area contributed by atoms with E-state index in [4.69, 9.17) is 9.72 Å². The summed E-state index contributed by atoms with van der Waals surface area (Å²) >= 11 is 0. The molecule has 7 heteroatoms. The number of para-hydroxylation sites is 1. The highest BCUT2D eigenvalue weighted by Crippen LogP contribution is 2.25. The predicted octanol–water partition coefficient (Wildman–Crippen LogP) is 3.85. The summed E-state index contributed by atoms with van der Waals surface area (Å²) < 4.78 is 7.67. The number of nitrogens with one attached hydrogen (secondary N) is 1. The van der Waals surface area contributed by atoms with E-state index in [-0.39, 0.29) is 11.0 Å². The van der Waals surface area contributed by atoms with E-state index in [1.165, 1.54) is 0 Å². The first-order valence-corrected chi connectivity index (χ1v) is 11.4. The molecular weight excluding hydrogens is 414 g/mol. The van der Waals surface area contributed by atoms with E-state index in [0.29, 0.717) is 25.3 Å². The smallest absolute Gasteiger partial charge is 0.277 e. The molecule has 170 valence electrons. The Labute approximate surface area is 193 Å². The molecule has 0 bridgehead atoms. The molecule has 1 aromatic carbocycles. The zero-order valence-electron chi connectivity index (χ0n) is 19.3. The van der Waals surface area contributed by atoms with Crippen LogP contribution in [0.2, 0.25) is 0 Å². The van der Waals surface area contributed by atoms with Gasteiger partial charge in [0.1, 0.15) is 12.4 Å². The number of pyridine rings is 1. The van der Waals surface area contributed by atoms with Crippen LogP contribution in [0.5, 0.6) is 5.75 Å². The van der Waals surface area contributed by atoms with Crippen molar-refractivity contribution in [1.82, 2.24) is 24.5 Å². The van der Waals surface area contributed by atoms with E-state index in [1.807, 2.05) is 42.5 Å². The van der Waals surface area contributed by atoms with Crippen LogP contribution >= 0.6 is 0 Å². The van der Waals surface area contributed by atoms with Gasteiger partial charge in [-0.15, -0.1) is 0 Å². The lowest BCUT2D eigenvalue weighted by atomic mass is 9.93. The quantitative estimate of drug-likeness (QED) is 0.507. The lowest BCUT2D eigenvalue weighted by Crippen LogP contribution is -2.36. The van der Waals surface area contributed by atoms with E-state index in [0.717, 1.165) is 46.9 Å². The van der Waals surface area contributed by atoms with Gasteiger partial charge in [-0.05, 0) is 18.2 Å². The Hall–Kier alpha value is -3.45. The summed E-state index contributed by atoms with van der Waals surface area (Å²) in [5, 5.41) is 3.26. The minimum Gasteiger partial charge on any atom is -0.487 e. The Balaban J connectivity index is 1.36. The molecule has 0 atom stereocenters. The molecule has 1 aliphatic heterocycles. The van der Waals surface area contributed by atoms with Crippen molar-refractivity contribution >= 4 is 5.65 Å². The predicted molar refractivity (Wildman–Crippen MR) is 127 cm³/mol. The summed E-state index contributed by atoms with van der Waals surface area (Å²) in [6.07, 6.45) is 2.53. The fraction of sp³-hybridized carbons (Fsp3) is 0.346. The van der Waals surface area contributed by atoms with Crippen molar-refractivity contribution in [3.8, 4) is 5.75 Å². The van der Waals surface area contributed by atoms with Crippen LogP contribution < -0.4 is 10.3 Å². The number of hydrogen-bond donors (Lipinski definition) is 1. The molecule has 33 heavy (non-hydrogen) atoms. The number of ether oxygens (including phenoxy) is 1. The van der Waals surface area contributed by atoms with Crippen LogP contribution in [-0.2, 0) is 31.5 Å². The maximum atomic E-state index is 13.3. The number of benzene rings is 1. The summed E-state index contributed by atoms with van der Waals surface area (Å²) in [6, 6.07) is 15.9. The lowest BCUT2D eigenvalue weighted by Gasteiger charge is -2.28. The molecule has 7 nitrogen and oxygen atoms in total. The normalized spacial score (nSPS) is 14.4. The average Bonchev–Trinajstić information content (AvgIpc) is 3.25. The largest absolute Gasteiger partial charge is 0.487 e. The molecule has 4 aromatic rings. The number of nitrogens with zero attached hydrogens (tertiary/aromatic N) is 4. The number of aromatic nitrogens is 4. The average molecular weight is 444 g/mol. The van der Waals surface area contributed by atoms with Gasteiger partial charge in [-0.3, -0.25) is 19.8 Å². The van der Waals surface area contributed by atoms with Gasteiger partial charge in [-0.1, -0.05) is 45.0 Å². The fourth-order valence-electron chi connectivity index (χ4n) is 4.21. The number of fused-ring (bicyclic) bond motifs is 2. The van der Waals surface area contributed by atoms with Crippen molar-refractivity contribution in [2.24, 2.45) is 0 Å². The SMILES string of the molecule is CC(C)(C)c1cc2nc3c(c(=O)n2[nH]1)CN(Cc1ccccc1OCc1ccccn1)CC3. The Morgan fingerprint density at radius 2 is 1.94 bits per heavy atom. The van der Waals surface area contributed by atoms with E-state index < -0.39 is 0 Å². The van der Waals surface area contributed by atoms with Crippen molar-refractivity contribution < 1.29 is 4.74 Å². The minimum atomic E-state index is -0.0777. The van der Waals surface area contributed by atoms with Crippen LogP contribution in [0.3, 0.4) is 0 Å². The molecule has 5 rings (SSSR count). The first-order chi connectivity index (χ1) is 15.9. The highest BCUT2D eigenvalue weighted by atomic mass is 16.5. The third-order valence-corrected chi connectivity index (χ3v) is 6.12. The number of aromatic amines is 1. The Bertz CT molecular complexity index is 1330. The van der Waals surface area contributed by atoms with Crippen molar-refractivity contribution in [2.45, 2.75) is 52.3 Å². The minimum absolute atomic E-state index is 0.00473. The molecular formula is C26H29N5O2. The first-order valence-electron chi connectivity index (χ1n) is 11.4. The van der Waals surface area contributed by atoms with Gasteiger partial charge in [0, 0.05) is 55.0 Å². The van der Waals surface area contributed by atoms with Crippen LogP contribution in [0.15, 0.2) is 59.5 Å². The molecule has 4 heterocycles. The number of rotatable bonds is 5. The van der Waals surface area contributed by atoms with Gasteiger partial charge in [0.2, 0.25) is 0 Å². The molecule has 0 unspecified atom stereocenters. The summed E-state index contributed by atoms with van der Waals surface area (Å²) in [5.41, 5.74) is 5.30. The van der Waals surface area contributed by atoms with Gasteiger partial charge in [-0.2, -0.15) is 0 Å². The van der Waals surface area contributed by atoms with Crippen molar-refractivity contribution in [3.63, 3.8) is 0 Å². The highest BCUT2D eigenvalue weighted by molar-refractivity contribution is 5.44.